The van der Waals surface area contributed by atoms with Crippen molar-refractivity contribution < 1.29 is 42.8 Å². The van der Waals surface area contributed by atoms with Crippen molar-refractivity contribution >= 4 is 23.3 Å². The second-order valence-electron chi connectivity index (χ2n) is 0.0833. The predicted molar refractivity (Wildman–Crippen MR) is 19.3 cm³/mol. The average Bonchev–Trinajstić information content (AvgIpc) is 1.46. The molecule has 0 aromatic rings. The molecular formula is H2FeO2S2Ti. The van der Waals surface area contributed by atoms with Gasteiger partial charge in [0.15, 0.2) is 0 Å². The quantitative estimate of drug-likeness (QED) is 0.341. The fraction of sp³-hybridized carbons (Fsp3) is 0. The van der Waals surface area contributed by atoms with Gasteiger partial charge in [0.1, 0.15) is 0 Å². The Morgan fingerprint density at radius 1 is 1.17 bits per heavy atom. The molecule has 0 saturated carbocycles. The Kier molecular flexibility index (Phi) is 81.3. The van der Waals surface area contributed by atoms with Gasteiger partial charge in [0.25, 0.3) is 0 Å². The van der Waals surface area contributed by atoms with Gasteiger partial charge in [-0.25, -0.2) is 0 Å². The molecule has 0 spiro atoms. The summed E-state index contributed by atoms with van der Waals surface area (Å²) < 4.78 is 17.0. The number of rotatable bonds is 0. The van der Waals surface area contributed by atoms with Gasteiger partial charge >= 0.3 is 25.7 Å². The molecular weight excluding hydrogens is 200 g/mol. The Bertz CT molecular complexity index is 32.5. The van der Waals surface area contributed by atoms with E-state index in [1.165, 1.54) is 0 Å². The normalized spacial score (nSPS) is 2.33. The van der Waals surface area contributed by atoms with Crippen LogP contribution in [0, 0.1) is 0 Å². The Morgan fingerprint density at radius 2 is 1.17 bits per heavy atom. The zero-order chi connectivity index (χ0) is 4.71. The average molecular weight is 202 g/mol. The van der Waals surface area contributed by atoms with E-state index in [0.717, 1.165) is 0 Å². The van der Waals surface area contributed by atoms with Crippen LogP contribution in [0.25, 0.3) is 0 Å². The third kappa shape index (κ3) is 48.4. The Morgan fingerprint density at radius 3 is 1.17 bits per heavy atom. The fourth-order valence-electron chi connectivity index (χ4n) is 0. The molecule has 0 atom stereocenters. The minimum atomic E-state index is -2.00. The van der Waals surface area contributed by atoms with E-state index in [4.69, 9.17) is 6.65 Å². The first-order valence-corrected chi connectivity index (χ1v) is 3.48. The molecule has 0 aliphatic carbocycles. The van der Waals surface area contributed by atoms with Gasteiger partial charge in [-0.15, -0.1) is 23.3 Å². The predicted octanol–water partition coefficient (Wildman–Crippen LogP) is 0.518. The van der Waals surface area contributed by atoms with Crippen LogP contribution >= 0.6 is 23.3 Å². The van der Waals surface area contributed by atoms with Gasteiger partial charge in [-0.1, -0.05) is 0 Å². The van der Waals surface area contributed by atoms with Crippen LogP contribution in [0.3, 0.4) is 0 Å². The van der Waals surface area contributed by atoms with E-state index >= 15 is 0 Å². The summed E-state index contributed by atoms with van der Waals surface area (Å²) in [6.45, 7) is 0. The number of hydrogen-bond acceptors (Lipinski definition) is 4. The van der Waals surface area contributed by atoms with E-state index in [0.29, 0.717) is 0 Å². The van der Waals surface area contributed by atoms with Gasteiger partial charge in [0, 0.05) is 17.1 Å². The van der Waals surface area contributed by atoms with E-state index in [-0.39, 0.29) is 17.1 Å². The van der Waals surface area contributed by atoms with Crippen LogP contribution in [-0.2, 0) is 42.8 Å². The van der Waals surface area contributed by atoms with Crippen molar-refractivity contribution in [2.45, 2.75) is 0 Å². The second kappa shape index (κ2) is 31.2. The molecule has 38 valence electrons. The van der Waals surface area contributed by atoms with Gasteiger partial charge < -0.3 is 0 Å². The molecule has 2 nitrogen and oxygen atoms in total. The molecule has 0 amide bonds. The van der Waals surface area contributed by atoms with Crippen LogP contribution in [0.5, 0.6) is 0 Å². The maximum atomic E-state index is 8.50. The first-order chi connectivity index (χ1) is 2.41. The SMILES string of the molecule is SS.[Fe].[O]=[Ti]=[O]. The van der Waals surface area contributed by atoms with Crippen molar-refractivity contribution in [2.24, 2.45) is 0 Å². The van der Waals surface area contributed by atoms with E-state index in [1.807, 2.05) is 0 Å². The van der Waals surface area contributed by atoms with Crippen LogP contribution in [0.4, 0.5) is 0 Å². The Balaban J connectivity index is -0.0000000275. The first-order valence-electron chi connectivity index (χ1n) is 0.608. The molecule has 0 rings (SSSR count). The van der Waals surface area contributed by atoms with Gasteiger partial charge in [0.2, 0.25) is 0 Å². The minimum absolute atomic E-state index is 0. The zero-order valence-electron chi connectivity index (χ0n) is 2.56. The summed E-state index contributed by atoms with van der Waals surface area (Å²) in [5.41, 5.74) is 0. The topological polar surface area (TPSA) is 34.1 Å². The molecule has 0 saturated heterocycles. The van der Waals surface area contributed by atoms with Gasteiger partial charge in [-0.2, -0.15) is 0 Å². The second-order valence-corrected chi connectivity index (χ2v) is 0.344. The summed E-state index contributed by atoms with van der Waals surface area (Å²) in [7, 11) is 0. The van der Waals surface area contributed by atoms with Crippen molar-refractivity contribution in [3.8, 4) is 0 Å². The molecule has 0 unspecified atom stereocenters. The third-order valence-corrected chi connectivity index (χ3v) is 0. The molecule has 0 heterocycles. The molecule has 0 aromatic heterocycles. The van der Waals surface area contributed by atoms with Crippen molar-refractivity contribution in [1.82, 2.24) is 0 Å². The van der Waals surface area contributed by atoms with Crippen molar-refractivity contribution in [1.29, 1.82) is 0 Å². The number of thiol groups is 2. The molecule has 6 heavy (non-hydrogen) atoms. The Labute approximate surface area is 65.7 Å². The summed E-state index contributed by atoms with van der Waals surface area (Å²) in [6, 6.07) is 0. The number of hydrogen-bond donors (Lipinski definition) is 2. The standard InChI is InChI=1S/Fe.2O.H2S2.Ti/c;;;1-2;/h;;;1-2H;. The molecule has 0 N–H and O–H groups in total. The summed E-state index contributed by atoms with van der Waals surface area (Å²) in [5.74, 6) is 0. The van der Waals surface area contributed by atoms with E-state index in [9.17, 15) is 0 Å². The molecule has 0 aliphatic rings. The molecule has 0 radical (unpaired) electrons. The fourth-order valence-corrected chi connectivity index (χ4v) is 0. The van der Waals surface area contributed by atoms with Crippen LogP contribution in [-0.4, -0.2) is 0 Å². The molecule has 6 heteroatoms. The summed E-state index contributed by atoms with van der Waals surface area (Å²) in [5, 5.41) is 0. The van der Waals surface area contributed by atoms with Gasteiger partial charge in [-0.05, 0) is 0 Å². The van der Waals surface area contributed by atoms with E-state index in [1.54, 1.807) is 0 Å². The van der Waals surface area contributed by atoms with Crippen molar-refractivity contribution in [3.05, 3.63) is 0 Å². The monoisotopic (exact) mass is 202 g/mol. The third-order valence-electron chi connectivity index (χ3n) is 0. The van der Waals surface area contributed by atoms with Crippen LogP contribution in [0.2, 0.25) is 0 Å². The van der Waals surface area contributed by atoms with Crippen molar-refractivity contribution in [2.75, 3.05) is 0 Å². The summed E-state index contributed by atoms with van der Waals surface area (Å²) in [6.07, 6.45) is 0. The molecule has 0 bridgehead atoms. The van der Waals surface area contributed by atoms with Crippen LogP contribution in [0.15, 0.2) is 0 Å². The van der Waals surface area contributed by atoms with Crippen LogP contribution < -0.4 is 0 Å². The summed E-state index contributed by atoms with van der Waals surface area (Å²) in [4.78, 5) is 0. The van der Waals surface area contributed by atoms with Crippen molar-refractivity contribution in [3.63, 3.8) is 0 Å². The molecule has 0 aliphatic heterocycles. The van der Waals surface area contributed by atoms with Crippen LogP contribution in [0.1, 0.15) is 0 Å². The first kappa shape index (κ1) is 15.6. The summed E-state index contributed by atoms with van der Waals surface area (Å²) >= 11 is 4.44. The van der Waals surface area contributed by atoms with E-state index in [2.05, 4.69) is 23.3 Å². The van der Waals surface area contributed by atoms with E-state index < -0.39 is 19.1 Å². The van der Waals surface area contributed by atoms with Gasteiger partial charge in [-0.3, -0.25) is 0 Å². The molecule has 0 aromatic carbocycles. The maximum absolute atomic E-state index is 8.50. The van der Waals surface area contributed by atoms with Gasteiger partial charge in [0.05, 0.1) is 0 Å². The Hall–Kier alpha value is 1.53. The zero-order valence-corrected chi connectivity index (χ0v) is 7.02. The molecule has 0 fully saturated rings.